The summed E-state index contributed by atoms with van der Waals surface area (Å²) < 4.78 is 15.4. The zero-order chi connectivity index (χ0) is 18.4. The number of aromatic nitrogens is 2. The van der Waals surface area contributed by atoms with E-state index >= 15 is 0 Å². The second kappa shape index (κ2) is 8.67. The van der Waals surface area contributed by atoms with Gasteiger partial charge in [-0.2, -0.15) is 5.10 Å². The van der Waals surface area contributed by atoms with Crippen molar-refractivity contribution in [1.29, 1.82) is 0 Å². The summed E-state index contributed by atoms with van der Waals surface area (Å²) in [5.74, 6) is 0.257. The van der Waals surface area contributed by atoms with Crippen molar-refractivity contribution in [2.45, 2.75) is 24.8 Å². The summed E-state index contributed by atoms with van der Waals surface area (Å²) in [6.45, 7) is 2.70. The number of amides is 1. The Hall–Kier alpha value is -2.60. The number of thioether (sulfide) groups is 1. The number of aryl methyl sites for hydroxylation is 1. The van der Waals surface area contributed by atoms with E-state index in [0.29, 0.717) is 17.3 Å². The van der Waals surface area contributed by atoms with Crippen LogP contribution in [0.2, 0.25) is 0 Å². The maximum atomic E-state index is 13.6. The van der Waals surface area contributed by atoms with Crippen LogP contribution in [0.5, 0.6) is 0 Å². The van der Waals surface area contributed by atoms with E-state index < -0.39 is 0 Å². The van der Waals surface area contributed by atoms with Crippen molar-refractivity contribution in [2.75, 3.05) is 11.1 Å². The summed E-state index contributed by atoms with van der Waals surface area (Å²) >= 11 is 1.17. The molecule has 3 aromatic rings. The van der Waals surface area contributed by atoms with E-state index in [4.69, 9.17) is 0 Å². The van der Waals surface area contributed by atoms with Gasteiger partial charge in [0.15, 0.2) is 0 Å². The SMILES string of the molecule is CCc1ccc(Cn2nccc2NC(=O)CSc2ccccc2F)cc1. The van der Waals surface area contributed by atoms with E-state index in [2.05, 4.69) is 41.6 Å². The Morgan fingerprint density at radius 1 is 1.12 bits per heavy atom. The predicted octanol–water partition coefficient (Wildman–Crippen LogP) is 4.36. The van der Waals surface area contributed by atoms with Gasteiger partial charge >= 0.3 is 0 Å². The molecule has 1 N–H and O–H groups in total. The van der Waals surface area contributed by atoms with Gasteiger partial charge in [0.05, 0.1) is 18.5 Å². The summed E-state index contributed by atoms with van der Waals surface area (Å²) in [5, 5.41) is 7.12. The van der Waals surface area contributed by atoms with Gasteiger partial charge < -0.3 is 5.32 Å². The van der Waals surface area contributed by atoms with Crippen LogP contribution < -0.4 is 5.32 Å². The molecule has 0 saturated heterocycles. The van der Waals surface area contributed by atoms with Crippen LogP contribution in [0.25, 0.3) is 0 Å². The molecule has 6 heteroatoms. The van der Waals surface area contributed by atoms with Crippen molar-refractivity contribution in [3.8, 4) is 0 Å². The fraction of sp³-hybridized carbons (Fsp3) is 0.200. The highest BCUT2D eigenvalue weighted by Gasteiger charge is 2.10. The second-order valence-corrected chi connectivity index (χ2v) is 6.83. The van der Waals surface area contributed by atoms with E-state index in [1.807, 2.05) is 0 Å². The molecule has 0 fully saturated rings. The van der Waals surface area contributed by atoms with Gasteiger partial charge in [-0.05, 0) is 29.7 Å². The number of hydrogen-bond donors (Lipinski definition) is 1. The third kappa shape index (κ3) is 4.73. The first kappa shape index (κ1) is 18.2. The molecular weight excluding hydrogens is 349 g/mol. The maximum Gasteiger partial charge on any atom is 0.235 e. The molecular formula is C20H20FN3OS. The molecule has 134 valence electrons. The quantitative estimate of drug-likeness (QED) is 0.629. The van der Waals surface area contributed by atoms with Crippen LogP contribution in [0, 0.1) is 5.82 Å². The molecule has 26 heavy (non-hydrogen) atoms. The largest absolute Gasteiger partial charge is 0.310 e. The first-order valence-corrected chi connectivity index (χ1v) is 9.41. The van der Waals surface area contributed by atoms with Crippen molar-refractivity contribution in [2.24, 2.45) is 0 Å². The number of hydrogen-bond acceptors (Lipinski definition) is 3. The average Bonchev–Trinajstić information content (AvgIpc) is 3.08. The van der Waals surface area contributed by atoms with E-state index in [1.54, 1.807) is 35.1 Å². The van der Waals surface area contributed by atoms with Gasteiger partial charge in [-0.3, -0.25) is 4.79 Å². The van der Waals surface area contributed by atoms with Crippen LogP contribution in [0.4, 0.5) is 10.2 Å². The summed E-state index contributed by atoms with van der Waals surface area (Å²) in [6, 6.07) is 16.5. The highest BCUT2D eigenvalue weighted by atomic mass is 32.2. The van der Waals surface area contributed by atoms with E-state index in [1.165, 1.54) is 23.4 Å². The Kier molecular flexibility index (Phi) is 6.07. The Bertz CT molecular complexity index is 877. The lowest BCUT2D eigenvalue weighted by molar-refractivity contribution is -0.113. The van der Waals surface area contributed by atoms with Crippen LogP contribution in [0.1, 0.15) is 18.1 Å². The van der Waals surface area contributed by atoms with Gasteiger partial charge in [0.2, 0.25) is 5.91 Å². The maximum absolute atomic E-state index is 13.6. The van der Waals surface area contributed by atoms with Crippen molar-refractivity contribution >= 4 is 23.5 Å². The molecule has 0 radical (unpaired) electrons. The highest BCUT2D eigenvalue weighted by Crippen LogP contribution is 2.21. The van der Waals surface area contributed by atoms with Crippen molar-refractivity contribution in [1.82, 2.24) is 9.78 Å². The van der Waals surface area contributed by atoms with Crippen LogP contribution >= 0.6 is 11.8 Å². The first-order chi connectivity index (χ1) is 12.7. The number of carbonyl (C=O) groups excluding carboxylic acids is 1. The third-order valence-corrected chi connectivity index (χ3v) is 4.99. The van der Waals surface area contributed by atoms with Gasteiger partial charge in [-0.25, -0.2) is 9.07 Å². The normalized spacial score (nSPS) is 10.7. The lowest BCUT2D eigenvalue weighted by atomic mass is 10.1. The topological polar surface area (TPSA) is 46.9 Å². The minimum atomic E-state index is -0.314. The standard InChI is InChI=1S/C20H20FN3OS/c1-2-15-7-9-16(10-8-15)13-24-19(11-12-22-24)23-20(25)14-26-18-6-4-3-5-17(18)21/h3-12H,2,13-14H2,1H3,(H,23,25). The summed E-state index contributed by atoms with van der Waals surface area (Å²) in [4.78, 5) is 12.7. The number of nitrogens with one attached hydrogen (secondary N) is 1. The Labute approximate surface area is 156 Å². The number of halogens is 1. The fourth-order valence-electron chi connectivity index (χ4n) is 2.50. The summed E-state index contributed by atoms with van der Waals surface area (Å²) in [6.07, 6.45) is 2.66. The molecule has 3 rings (SSSR count). The van der Waals surface area contributed by atoms with Gasteiger partial charge in [0, 0.05) is 11.0 Å². The van der Waals surface area contributed by atoms with Gasteiger partial charge in [-0.1, -0.05) is 43.3 Å². The van der Waals surface area contributed by atoms with Gasteiger partial charge in [0.25, 0.3) is 0 Å². The van der Waals surface area contributed by atoms with Crippen LogP contribution in [-0.4, -0.2) is 21.4 Å². The molecule has 1 aromatic heterocycles. The van der Waals surface area contributed by atoms with E-state index in [-0.39, 0.29) is 17.5 Å². The average molecular weight is 369 g/mol. The predicted molar refractivity (Wildman–Crippen MR) is 103 cm³/mol. The first-order valence-electron chi connectivity index (χ1n) is 8.42. The summed E-state index contributed by atoms with van der Waals surface area (Å²) in [5.41, 5.74) is 2.40. The summed E-state index contributed by atoms with van der Waals surface area (Å²) in [7, 11) is 0. The third-order valence-electron chi connectivity index (χ3n) is 3.94. The second-order valence-electron chi connectivity index (χ2n) is 5.81. The molecule has 1 amide bonds. The molecule has 0 bridgehead atoms. The number of nitrogens with zero attached hydrogens (tertiary/aromatic N) is 2. The molecule has 0 saturated carbocycles. The minimum absolute atomic E-state index is 0.136. The molecule has 0 atom stereocenters. The molecule has 2 aromatic carbocycles. The van der Waals surface area contributed by atoms with Crippen LogP contribution in [-0.2, 0) is 17.8 Å². The van der Waals surface area contributed by atoms with Crippen molar-refractivity contribution in [3.63, 3.8) is 0 Å². The Morgan fingerprint density at radius 2 is 1.85 bits per heavy atom. The van der Waals surface area contributed by atoms with Gasteiger partial charge in [0.1, 0.15) is 11.6 Å². The van der Waals surface area contributed by atoms with Crippen LogP contribution in [0.3, 0.4) is 0 Å². The zero-order valence-electron chi connectivity index (χ0n) is 14.5. The van der Waals surface area contributed by atoms with Crippen molar-refractivity contribution < 1.29 is 9.18 Å². The van der Waals surface area contributed by atoms with Crippen molar-refractivity contribution in [3.05, 3.63) is 77.7 Å². The molecule has 0 spiro atoms. The molecule has 1 heterocycles. The van der Waals surface area contributed by atoms with Crippen LogP contribution in [0.15, 0.2) is 65.7 Å². The number of benzene rings is 2. The lowest BCUT2D eigenvalue weighted by Crippen LogP contribution is -2.18. The molecule has 0 aliphatic carbocycles. The number of rotatable bonds is 7. The number of anilines is 1. The minimum Gasteiger partial charge on any atom is -0.310 e. The smallest absolute Gasteiger partial charge is 0.235 e. The molecule has 0 unspecified atom stereocenters. The monoisotopic (exact) mass is 369 g/mol. The van der Waals surface area contributed by atoms with E-state index in [0.717, 1.165) is 12.0 Å². The Balaban J connectivity index is 1.59. The molecule has 4 nitrogen and oxygen atoms in total. The van der Waals surface area contributed by atoms with Gasteiger partial charge in [-0.15, -0.1) is 11.8 Å². The highest BCUT2D eigenvalue weighted by molar-refractivity contribution is 8.00. The lowest BCUT2D eigenvalue weighted by Gasteiger charge is -2.10. The molecule has 0 aliphatic heterocycles. The molecule has 0 aliphatic rings. The van der Waals surface area contributed by atoms with E-state index in [9.17, 15) is 9.18 Å². The number of carbonyl (C=O) groups is 1. The fourth-order valence-corrected chi connectivity index (χ4v) is 3.24. The zero-order valence-corrected chi connectivity index (χ0v) is 15.3. The Morgan fingerprint density at radius 3 is 2.58 bits per heavy atom.